The van der Waals surface area contributed by atoms with Crippen LogP contribution < -0.4 is 5.46 Å². The van der Waals surface area contributed by atoms with E-state index in [9.17, 15) is 4.79 Å². The zero-order valence-corrected chi connectivity index (χ0v) is 11.6. The number of nitrogens with zero attached hydrogens (tertiary/aromatic N) is 2. The van der Waals surface area contributed by atoms with E-state index in [1.165, 1.54) is 7.11 Å². The molecule has 1 aliphatic heterocycles. The van der Waals surface area contributed by atoms with Crippen molar-refractivity contribution in [1.29, 1.82) is 0 Å². The van der Waals surface area contributed by atoms with Crippen LogP contribution in [0.2, 0.25) is 0 Å². The lowest BCUT2D eigenvalue weighted by atomic mass is 9.81. The maximum absolute atomic E-state index is 11.4. The second-order valence-electron chi connectivity index (χ2n) is 5.26. The van der Waals surface area contributed by atoms with Crippen molar-refractivity contribution in [1.82, 2.24) is 9.97 Å². The van der Waals surface area contributed by atoms with Gasteiger partial charge in [-0.3, -0.25) is 0 Å². The minimum Gasteiger partial charge on any atom is -0.463 e. The summed E-state index contributed by atoms with van der Waals surface area (Å²) in [7, 11) is 0.267. The quantitative estimate of drug-likeness (QED) is 0.575. The van der Waals surface area contributed by atoms with Gasteiger partial charge < -0.3 is 14.0 Å². The molecule has 6 nitrogen and oxygen atoms in total. The number of rotatable bonds is 2. The predicted octanol–water partition coefficient (Wildman–Crippen LogP) is 0.562. The smallest absolute Gasteiger partial charge is 0.463 e. The largest absolute Gasteiger partial charge is 0.498 e. The second-order valence-corrected chi connectivity index (χ2v) is 5.26. The van der Waals surface area contributed by atoms with Crippen LogP contribution in [0.1, 0.15) is 41.1 Å². The highest BCUT2D eigenvalue weighted by atomic mass is 16.7. The van der Waals surface area contributed by atoms with Gasteiger partial charge in [-0.25, -0.2) is 14.8 Å². The van der Waals surface area contributed by atoms with Crippen molar-refractivity contribution >= 4 is 18.6 Å². The van der Waals surface area contributed by atoms with Crippen LogP contribution in [0.5, 0.6) is 0 Å². The van der Waals surface area contributed by atoms with Gasteiger partial charge in [0.15, 0.2) is 0 Å². The molecule has 0 atom stereocenters. The Labute approximate surface area is 115 Å². The van der Waals surface area contributed by atoms with Gasteiger partial charge in [-0.1, -0.05) is 0 Å². The Morgan fingerprint density at radius 1 is 1.26 bits per heavy atom. The first kappa shape index (κ1) is 11.4. The standard InChI is InChI=1S/C12H17BN2O4/c1-11(2)12(3,4)19-13(18-11)8-6-14-9(15-7-8)10(16)17-5/h6-7H,1-5H3/i6D,7D. The number of esters is 1. The number of aromatic nitrogens is 2. The molecule has 1 fully saturated rings. The summed E-state index contributed by atoms with van der Waals surface area (Å²) in [6, 6.07) is 0. The van der Waals surface area contributed by atoms with E-state index in [2.05, 4.69) is 14.7 Å². The Morgan fingerprint density at radius 2 is 1.74 bits per heavy atom. The molecular formula is C12H17BN2O4. The fourth-order valence-electron chi connectivity index (χ4n) is 1.53. The molecule has 0 amide bonds. The third-order valence-corrected chi connectivity index (χ3v) is 3.42. The Bertz CT molecular complexity index is 556. The summed E-state index contributed by atoms with van der Waals surface area (Å²) in [6.07, 6.45) is -0.567. The molecule has 0 unspecified atom stereocenters. The number of hydrogen-bond acceptors (Lipinski definition) is 6. The molecule has 1 aromatic rings. The number of hydrogen-bond donors (Lipinski definition) is 0. The number of methoxy groups -OCH3 is 1. The van der Waals surface area contributed by atoms with Crippen LogP contribution in [0, 0.1) is 0 Å². The zero-order valence-electron chi connectivity index (χ0n) is 13.6. The number of carbonyl (C=O) groups is 1. The summed E-state index contributed by atoms with van der Waals surface area (Å²) in [5.41, 5.74) is -1.10. The Kier molecular flexibility index (Phi) is 2.74. The van der Waals surface area contributed by atoms with Gasteiger partial charge in [0, 0.05) is 17.8 Å². The van der Waals surface area contributed by atoms with Gasteiger partial charge in [-0.2, -0.15) is 0 Å². The average molecular weight is 266 g/mol. The second kappa shape index (κ2) is 4.57. The van der Waals surface area contributed by atoms with Gasteiger partial charge in [-0.05, 0) is 27.7 Å². The third kappa shape index (κ3) is 2.48. The Hall–Kier alpha value is -1.47. The molecule has 1 aromatic heterocycles. The summed E-state index contributed by atoms with van der Waals surface area (Å²) in [6.45, 7) is 7.46. The summed E-state index contributed by atoms with van der Waals surface area (Å²) >= 11 is 0. The lowest BCUT2D eigenvalue weighted by Gasteiger charge is -2.32. The molecule has 19 heavy (non-hydrogen) atoms. The SMILES string of the molecule is [2H]c1nc(C(=O)OC)nc([2H])c1B1OC(C)(C)C(C)(C)O1. The molecule has 1 saturated heterocycles. The van der Waals surface area contributed by atoms with Gasteiger partial charge in [0.2, 0.25) is 5.82 Å². The highest BCUT2D eigenvalue weighted by Gasteiger charge is 2.51. The molecule has 2 rings (SSSR count). The van der Waals surface area contributed by atoms with Gasteiger partial charge in [0.05, 0.1) is 21.1 Å². The summed E-state index contributed by atoms with van der Waals surface area (Å²) in [5, 5.41) is 0. The monoisotopic (exact) mass is 266 g/mol. The lowest BCUT2D eigenvalue weighted by Crippen LogP contribution is -2.41. The van der Waals surface area contributed by atoms with Crippen LogP contribution >= 0.6 is 0 Å². The van der Waals surface area contributed by atoms with E-state index in [1.54, 1.807) is 0 Å². The van der Waals surface area contributed by atoms with E-state index in [0.717, 1.165) is 0 Å². The average Bonchev–Trinajstić information content (AvgIpc) is 2.56. The maximum Gasteiger partial charge on any atom is 0.498 e. The molecule has 1 aliphatic rings. The van der Waals surface area contributed by atoms with Crippen LogP contribution in [0.4, 0.5) is 0 Å². The fourth-order valence-corrected chi connectivity index (χ4v) is 1.53. The minimum absolute atomic E-state index is 0.0984. The Balaban J connectivity index is 2.41. The van der Waals surface area contributed by atoms with Crippen LogP contribution in [0.3, 0.4) is 0 Å². The number of ether oxygens (including phenoxy) is 1. The van der Waals surface area contributed by atoms with Gasteiger partial charge in [0.1, 0.15) is 0 Å². The molecule has 0 spiro atoms. The number of carbonyl (C=O) groups excluding carboxylic acids is 1. The van der Waals surface area contributed by atoms with Crippen molar-refractivity contribution in [2.24, 2.45) is 0 Å². The molecule has 7 heteroatoms. The fraction of sp³-hybridized carbons (Fsp3) is 0.583. The van der Waals surface area contributed by atoms with E-state index in [-0.39, 0.29) is 23.6 Å². The summed E-state index contributed by atoms with van der Waals surface area (Å²) in [5.74, 6) is -1.12. The van der Waals surface area contributed by atoms with E-state index < -0.39 is 24.3 Å². The molecule has 0 radical (unpaired) electrons. The highest BCUT2D eigenvalue weighted by Crippen LogP contribution is 2.36. The first-order valence-electron chi connectivity index (χ1n) is 6.88. The summed E-state index contributed by atoms with van der Waals surface area (Å²) < 4.78 is 31.9. The molecule has 2 heterocycles. The molecule has 0 bridgehead atoms. The first-order valence-corrected chi connectivity index (χ1v) is 5.88. The topological polar surface area (TPSA) is 70.5 Å². The molecule has 0 saturated carbocycles. The van der Waals surface area contributed by atoms with Gasteiger partial charge in [0.25, 0.3) is 0 Å². The molecule has 102 valence electrons. The molecule has 0 aliphatic carbocycles. The van der Waals surface area contributed by atoms with Crippen molar-refractivity contribution in [2.75, 3.05) is 7.11 Å². The lowest BCUT2D eigenvalue weighted by molar-refractivity contribution is 0.00578. The van der Waals surface area contributed by atoms with Crippen LogP contribution in [0.25, 0.3) is 0 Å². The van der Waals surface area contributed by atoms with E-state index in [1.807, 2.05) is 27.7 Å². The summed E-state index contributed by atoms with van der Waals surface area (Å²) in [4.78, 5) is 18.9. The minimum atomic E-state index is -0.915. The van der Waals surface area contributed by atoms with Crippen LogP contribution in [-0.4, -0.2) is 41.4 Å². The Morgan fingerprint density at radius 3 is 2.16 bits per heavy atom. The van der Waals surface area contributed by atoms with Crippen molar-refractivity contribution in [2.45, 2.75) is 38.9 Å². The molecule has 0 N–H and O–H groups in total. The van der Waals surface area contributed by atoms with Gasteiger partial charge >= 0.3 is 13.1 Å². The van der Waals surface area contributed by atoms with Crippen molar-refractivity contribution in [3.05, 3.63) is 18.2 Å². The maximum atomic E-state index is 11.4. The first-order chi connectivity index (χ1) is 9.59. The van der Waals surface area contributed by atoms with E-state index in [0.29, 0.717) is 0 Å². The van der Waals surface area contributed by atoms with Crippen LogP contribution in [-0.2, 0) is 14.0 Å². The van der Waals surface area contributed by atoms with Gasteiger partial charge in [-0.15, -0.1) is 0 Å². The third-order valence-electron chi connectivity index (χ3n) is 3.42. The van der Waals surface area contributed by atoms with E-state index in [4.69, 9.17) is 12.1 Å². The molecule has 0 aromatic carbocycles. The molecular weight excluding hydrogens is 247 g/mol. The predicted molar refractivity (Wildman–Crippen MR) is 69.1 cm³/mol. The van der Waals surface area contributed by atoms with Crippen LogP contribution in [0.15, 0.2) is 12.3 Å². The van der Waals surface area contributed by atoms with Crippen molar-refractivity contribution < 1.29 is 21.6 Å². The zero-order chi connectivity index (χ0) is 16.0. The normalized spacial score (nSPS) is 21.8. The van der Waals surface area contributed by atoms with Crippen molar-refractivity contribution in [3.8, 4) is 0 Å². The van der Waals surface area contributed by atoms with E-state index >= 15 is 0 Å². The highest BCUT2D eigenvalue weighted by molar-refractivity contribution is 6.61. The van der Waals surface area contributed by atoms with Crippen molar-refractivity contribution in [3.63, 3.8) is 0 Å².